The maximum Gasteiger partial charge on any atom is 0.308 e. The second-order valence-corrected chi connectivity index (χ2v) is 9.15. The van der Waals surface area contributed by atoms with Gasteiger partial charge in [0.25, 0.3) is 17.0 Å². The standard InChI is InChI=1S/C27H22N4O4S/c1-4-15-36-27-28-25(34)24-20-11-7-8-12-21(20)30(16(2)32)26(31(24)29-27)23-19-10-6-5-9-18(19)13-14-22(23)35-17(3)33/h4-14,26H,1,15H2,2-3H3. The zero-order valence-electron chi connectivity index (χ0n) is 19.7. The summed E-state index contributed by atoms with van der Waals surface area (Å²) in [4.78, 5) is 31.1. The van der Waals surface area contributed by atoms with Gasteiger partial charge >= 0.3 is 5.97 Å². The quantitative estimate of drug-likeness (QED) is 0.136. The van der Waals surface area contributed by atoms with E-state index in [0.717, 1.165) is 10.8 Å². The highest BCUT2D eigenvalue weighted by Gasteiger charge is 2.46. The van der Waals surface area contributed by atoms with E-state index in [1.807, 2.05) is 30.3 Å². The van der Waals surface area contributed by atoms with E-state index in [2.05, 4.69) is 11.6 Å². The molecule has 2 heterocycles. The monoisotopic (exact) mass is 498 g/mol. The molecule has 1 aliphatic rings. The summed E-state index contributed by atoms with van der Waals surface area (Å²) in [5.74, 6) is -0.452. The van der Waals surface area contributed by atoms with Crippen LogP contribution >= 0.6 is 11.8 Å². The summed E-state index contributed by atoms with van der Waals surface area (Å²) in [5, 5.41) is 20.0. The number of ether oxygens (including phenoxy) is 1. The summed E-state index contributed by atoms with van der Waals surface area (Å²) < 4.78 is 7.16. The van der Waals surface area contributed by atoms with Gasteiger partial charge in [-0.2, -0.15) is 0 Å². The average Bonchev–Trinajstić information content (AvgIpc) is 2.86. The van der Waals surface area contributed by atoms with Crippen molar-refractivity contribution in [2.24, 2.45) is 0 Å². The number of fused-ring (bicyclic) bond motifs is 4. The number of para-hydroxylation sites is 1. The Balaban J connectivity index is 1.90. The summed E-state index contributed by atoms with van der Waals surface area (Å²) >= 11 is 1.26. The number of hydrogen-bond acceptors (Lipinski definition) is 7. The summed E-state index contributed by atoms with van der Waals surface area (Å²) in [6.45, 7) is 6.50. The largest absolute Gasteiger partial charge is 0.854 e. The van der Waals surface area contributed by atoms with Crippen LogP contribution in [0.3, 0.4) is 0 Å². The molecule has 5 rings (SSSR count). The molecule has 36 heavy (non-hydrogen) atoms. The molecule has 0 radical (unpaired) electrons. The topological polar surface area (TPSA) is 99.3 Å². The molecule has 1 amide bonds. The Morgan fingerprint density at radius 3 is 2.64 bits per heavy atom. The molecule has 0 bridgehead atoms. The molecule has 1 unspecified atom stereocenters. The summed E-state index contributed by atoms with van der Waals surface area (Å²) in [6, 6.07) is 18.3. The van der Waals surface area contributed by atoms with Gasteiger partial charge in [0.1, 0.15) is 5.75 Å². The number of amides is 1. The van der Waals surface area contributed by atoms with Gasteiger partial charge in [0.15, 0.2) is 0 Å². The fourth-order valence-electron chi connectivity index (χ4n) is 4.52. The Morgan fingerprint density at radius 1 is 1.14 bits per heavy atom. The zero-order valence-corrected chi connectivity index (χ0v) is 20.5. The van der Waals surface area contributed by atoms with Gasteiger partial charge in [-0.3, -0.25) is 9.59 Å². The molecule has 1 aromatic heterocycles. The number of anilines is 1. The van der Waals surface area contributed by atoms with Crippen molar-refractivity contribution < 1.29 is 24.1 Å². The number of aromatic nitrogens is 3. The van der Waals surface area contributed by atoms with Gasteiger partial charge in [0.2, 0.25) is 5.91 Å². The molecule has 0 saturated carbocycles. The molecule has 0 aliphatic carbocycles. The summed E-state index contributed by atoms with van der Waals surface area (Å²) in [5.41, 5.74) is 1.88. The minimum atomic E-state index is -0.911. The number of esters is 1. The van der Waals surface area contributed by atoms with Gasteiger partial charge in [0.05, 0.1) is 22.7 Å². The summed E-state index contributed by atoms with van der Waals surface area (Å²) in [6.07, 6.45) is 0.785. The maximum atomic E-state index is 13.4. The van der Waals surface area contributed by atoms with Crippen LogP contribution in [0.5, 0.6) is 11.6 Å². The molecule has 9 heteroatoms. The van der Waals surface area contributed by atoms with Gasteiger partial charge in [-0.25, -0.2) is 9.88 Å². The number of hydrogen-bond donors (Lipinski definition) is 0. The second-order valence-electron chi connectivity index (χ2n) is 8.16. The number of benzene rings is 3. The van der Waals surface area contributed by atoms with Gasteiger partial charge in [-0.1, -0.05) is 65.0 Å². The fraction of sp³-hybridized carbons (Fsp3) is 0.148. The van der Waals surface area contributed by atoms with Crippen molar-refractivity contribution in [2.75, 3.05) is 10.7 Å². The van der Waals surface area contributed by atoms with Crippen LogP contribution in [0, 0.1) is 0 Å². The molecule has 180 valence electrons. The van der Waals surface area contributed by atoms with E-state index in [1.165, 1.54) is 30.3 Å². The molecule has 4 aromatic rings. The summed E-state index contributed by atoms with van der Waals surface area (Å²) in [7, 11) is 0. The van der Waals surface area contributed by atoms with Crippen LogP contribution in [0.1, 0.15) is 25.6 Å². The van der Waals surface area contributed by atoms with Crippen LogP contribution in [0.2, 0.25) is 0 Å². The Labute approximate surface area is 211 Å². The van der Waals surface area contributed by atoms with Crippen molar-refractivity contribution in [3.05, 3.63) is 78.9 Å². The highest BCUT2D eigenvalue weighted by molar-refractivity contribution is 7.99. The zero-order chi connectivity index (χ0) is 25.4. The number of nitrogens with zero attached hydrogens (tertiary/aromatic N) is 4. The molecule has 3 aromatic carbocycles. The van der Waals surface area contributed by atoms with Crippen molar-refractivity contribution >= 4 is 40.1 Å². The molecule has 0 spiro atoms. The predicted molar refractivity (Wildman–Crippen MR) is 135 cm³/mol. The molecule has 1 aliphatic heterocycles. The number of carbonyl (C=O) groups is 2. The molecular weight excluding hydrogens is 476 g/mol. The van der Waals surface area contributed by atoms with Crippen molar-refractivity contribution in [3.8, 4) is 22.9 Å². The van der Waals surface area contributed by atoms with Crippen LogP contribution < -0.4 is 19.4 Å². The Kier molecular flexibility index (Phi) is 6.15. The van der Waals surface area contributed by atoms with Crippen LogP contribution in [-0.2, 0) is 9.59 Å². The van der Waals surface area contributed by atoms with Crippen LogP contribution in [0.15, 0.2) is 78.5 Å². The third-order valence-corrected chi connectivity index (χ3v) is 6.66. The van der Waals surface area contributed by atoms with Gasteiger partial charge < -0.3 is 9.84 Å². The van der Waals surface area contributed by atoms with E-state index >= 15 is 0 Å². The number of carbonyl (C=O) groups excluding carboxylic acids is 2. The third-order valence-electron chi connectivity index (χ3n) is 5.83. The first-order valence-electron chi connectivity index (χ1n) is 11.2. The van der Waals surface area contributed by atoms with Crippen LogP contribution in [-0.4, -0.2) is 27.7 Å². The first-order valence-corrected chi connectivity index (χ1v) is 12.2. The molecule has 8 nitrogen and oxygen atoms in total. The predicted octanol–water partition coefficient (Wildman–Crippen LogP) is 3.77. The normalized spacial score (nSPS) is 14.2. The van der Waals surface area contributed by atoms with Crippen molar-refractivity contribution in [3.63, 3.8) is 0 Å². The average molecular weight is 499 g/mol. The number of thioether (sulfide) groups is 1. The first-order chi connectivity index (χ1) is 17.4. The van der Waals surface area contributed by atoms with E-state index < -0.39 is 18.0 Å². The first kappa shape index (κ1) is 23.5. The van der Waals surface area contributed by atoms with Crippen molar-refractivity contribution in [1.29, 1.82) is 0 Å². The highest BCUT2D eigenvalue weighted by atomic mass is 32.2. The number of rotatable bonds is 5. The lowest BCUT2D eigenvalue weighted by Gasteiger charge is -2.33. The van der Waals surface area contributed by atoms with E-state index in [0.29, 0.717) is 22.6 Å². The van der Waals surface area contributed by atoms with Crippen molar-refractivity contribution in [1.82, 2.24) is 10.1 Å². The lowest BCUT2D eigenvalue weighted by atomic mass is 9.96. The van der Waals surface area contributed by atoms with Crippen LogP contribution in [0.25, 0.3) is 22.0 Å². The SMILES string of the molecule is C=CCSc1nc([O-])c2[n+](n1)C(c1c(OC(C)=O)ccc3ccccc13)N(C(C)=O)c1ccccc1-2. The van der Waals surface area contributed by atoms with E-state index in [1.54, 1.807) is 41.3 Å². The lowest BCUT2D eigenvalue weighted by Crippen LogP contribution is -2.59. The third kappa shape index (κ3) is 3.97. The minimum absolute atomic E-state index is 0.248. The Hall–Kier alpha value is -4.24. The van der Waals surface area contributed by atoms with Crippen molar-refractivity contribution in [2.45, 2.75) is 25.2 Å². The highest BCUT2D eigenvalue weighted by Crippen LogP contribution is 2.44. The smallest absolute Gasteiger partial charge is 0.308 e. The Bertz CT molecular complexity index is 1540. The molecule has 0 saturated heterocycles. The van der Waals surface area contributed by atoms with Gasteiger partial charge in [-0.15, -0.1) is 6.58 Å². The van der Waals surface area contributed by atoms with E-state index in [-0.39, 0.29) is 22.5 Å². The van der Waals surface area contributed by atoms with Gasteiger partial charge in [-0.05, 0) is 29.0 Å². The maximum absolute atomic E-state index is 13.4. The minimum Gasteiger partial charge on any atom is -0.854 e. The lowest BCUT2D eigenvalue weighted by molar-refractivity contribution is -0.764. The van der Waals surface area contributed by atoms with E-state index in [4.69, 9.17) is 9.84 Å². The molecule has 0 N–H and O–H groups in total. The Morgan fingerprint density at radius 2 is 1.89 bits per heavy atom. The molecule has 1 atom stereocenters. The fourth-order valence-corrected chi connectivity index (χ4v) is 5.08. The molecule has 0 fully saturated rings. The van der Waals surface area contributed by atoms with Gasteiger partial charge in [0, 0.05) is 24.7 Å². The van der Waals surface area contributed by atoms with Crippen LogP contribution in [0.4, 0.5) is 5.69 Å². The van der Waals surface area contributed by atoms with E-state index in [9.17, 15) is 14.7 Å². The molecular formula is C27H22N4O4S. The second kappa shape index (κ2) is 9.43.